The fraction of sp³-hybridized carbons (Fsp3) is 0.364. The third kappa shape index (κ3) is 6.71. The summed E-state index contributed by atoms with van der Waals surface area (Å²) in [5.41, 5.74) is 3.44. The van der Waals surface area contributed by atoms with E-state index in [4.69, 9.17) is 21.6 Å². The lowest BCUT2D eigenvalue weighted by molar-refractivity contribution is -0.135. The molecule has 2 fully saturated rings. The predicted molar refractivity (Wildman–Crippen MR) is 173 cm³/mol. The van der Waals surface area contributed by atoms with E-state index in [1.54, 1.807) is 57.1 Å². The molecule has 2 aliphatic heterocycles. The first-order valence-corrected chi connectivity index (χ1v) is 15.8. The molecular formula is C33H34ClFN8O4. The van der Waals surface area contributed by atoms with Crippen LogP contribution in [-0.2, 0) is 4.79 Å². The second-order valence-corrected chi connectivity index (χ2v) is 12.0. The number of benzene rings is 2. The Hall–Kier alpha value is -4.77. The van der Waals surface area contributed by atoms with Gasteiger partial charge in [-0.15, -0.1) is 0 Å². The molecule has 2 saturated heterocycles. The molecular weight excluding hydrogens is 627 g/mol. The number of nitrogens with zero attached hydrogens (tertiary/aromatic N) is 6. The molecule has 1 unspecified atom stereocenters. The number of nitrogens with one attached hydrogen (secondary N) is 2. The van der Waals surface area contributed by atoms with Crippen LogP contribution in [0.2, 0.25) is 5.02 Å². The van der Waals surface area contributed by atoms with Crippen LogP contribution in [0.15, 0.2) is 48.9 Å². The van der Waals surface area contributed by atoms with Gasteiger partial charge in [0.2, 0.25) is 5.91 Å². The molecule has 3 N–H and O–H groups in total. The number of aliphatic hydroxyl groups is 1. The summed E-state index contributed by atoms with van der Waals surface area (Å²) in [5.74, 6) is -0.541. The van der Waals surface area contributed by atoms with Gasteiger partial charge >= 0.3 is 0 Å². The zero-order valence-electron chi connectivity index (χ0n) is 25.7. The summed E-state index contributed by atoms with van der Waals surface area (Å²) >= 11 is 6.35. The first kappa shape index (κ1) is 32.2. The number of aromatic nitrogens is 3. The van der Waals surface area contributed by atoms with Crippen LogP contribution in [0.5, 0.6) is 5.75 Å². The van der Waals surface area contributed by atoms with Gasteiger partial charge in [0.15, 0.2) is 29.6 Å². The molecule has 4 aromatic rings. The van der Waals surface area contributed by atoms with Crippen LogP contribution in [0, 0.1) is 30.0 Å². The summed E-state index contributed by atoms with van der Waals surface area (Å²) in [6, 6.07) is 10.2. The number of nitriles is 1. The third-order valence-electron chi connectivity index (χ3n) is 8.71. The van der Waals surface area contributed by atoms with Crippen LogP contribution in [0.1, 0.15) is 28.8 Å². The Morgan fingerprint density at radius 3 is 2.72 bits per heavy atom. The SMILES string of the molecule is Cc1cc(Nc2nccn3c(-c4ccc(OCC#N)c(F)c4Cl)cnc23)ccc1C(=O)N1CCN(C(=O)CC2CCNC[C@@H]2O)CC1. The quantitative estimate of drug-likeness (QED) is 0.257. The summed E-state index contributed by atoms with van der Waals surface area (Å²) in [6.45, 7) is 4.68. The molecule has 0 spiro atoms. The molecule has 0 radical (unpaired) electrons. The van der Waals surface area contributed by atoms with E-state index in [1.165, 1.54) is 6.07 Å². The second kappa shape index (κ2) is 13.9. The fourth-order valence-corrected chi connectivity index (χ4v) is 6.35. The minimum Gasteiger partial charge on any atom is -0.476 e. The zero-order chi connectivity index (χ0) is 33.1. The van der Waals surface area contributed by atoms with E-state index in [0.29, 0.717) is 73.1 Å². The number of β-amino-alcohol motifs (C(OH)–C–C–N with tert-alkyl or cyclic N) is 1. The first-order valence-electron chi connectivity index (χ1n) is 15.4. The highest BCUT2D eigenvalue weighted by atomic mass is 35.5. The van der Waals surface area contributed by atoms with Gasteiger partial charge in [-0.3, -0.25) is 14.0 Å². The molecule has 6 rings (SSSR count). The van der Waals surface area contributed by atoms with Crippen molar-refractivity contribution in [3.63, 3.8) is 0 Å². The Kier molecular flexibility index (Phi) is 9.53. The molecule has 2 aromatic heterocycles. The molecule has 4 heterocycles. The maximum Gasteiger partial charge on any atom is 0.254 e. The normalized spacial score (nSPS) is 18.2. The zero-order valence-corrected chi connectivity index (χ0v) is 26.5. The highest BCUT2D eigenvalue weighted by Crippen LogP contribution is 2.36. The number of halogens is 2. The van der Waals surface area contributed by atoms with Crippen LogP contribution in [0.4, 0.5) is 15.9 Å². The monoisotopic (exact) mass is 660 g/mol. The van der Waals surface area contributed by atoms with Crippen molar-refractivity contribution in [1.82, 2.24) is 29.5 Å². The van der Waals surface area contributed by atoms with E-state index in [-0.39, 0.29) is 35.1 Å². The predicted octanol–water partition coefficient (Wildman–Crippen LogP) is 3.79. The largest absolute Gasteiger partial charge is 0.476 e. The maximum absolute atomic E-state index is 14.9. The van der Waals surface area contributed by atoms with Crippen LogP contribution in [-0.4, -0.2) is 93.1 Å². The Morgan fingerprint density at radius 1 is 1.19 bits per heavy atom. The van der Waals surface area contributed by atoms with Crippen LogP contribution in [0.25, 0.3) is 16.9 Å². The summed E-state index contributed by atoms with van der Waals surface area (Å²) in [5, 5.41) is 25.2. The number of hydrogen-bond acceptors (Lipinski definition) is 9. The van der Waals surface area contributed by atoms with E-state index in [9.17, 15) is 19.1 Å². The summed E-state index contributed by atoms with van der Waals surface area (Å²) in [7, 11) is 0. The lowest BCUT2D eigenvalue weighted by Crippen LogP contribution is -2.51. The Morgan fingerprint density at radius 2 is 1.98 bits per heavy atom. The number of ether oxygens (including phenoxy) is 1. The number of carbonyl (C=O) groups is 2. The number of rotatable bonds is 8. The molecule has 0 aliphatic carbocycles. The standard InChI is InChI=1S/C33H34ClFN8O4/c1-20-16-22(2-3-23(20)33(46)42-13-11-41(12-14-42)28(45)17-21-6-8-37-19-26(21)44)40-31-32-39-18-25(43(32)10-9-38-31)24-4-5-27(47-15-7-36)30(35)29(24)34/h2-5,9-10,16,18,21,26,37,44H,6,8,11-15,17,19H2,1H3,(H,38,40)/t21?,26-/m0/s1. The Bertz CT molecular complexity index is 1850. The van der Waals surface area contributed by atoms with Crippen molar-refractivity contribution in [2.45, 2.75) is 25.9 Å². The lowest BCUT2D eigenvalue weighted by Gasteiger charge is -2.36. The van der Waals surface area contributed by atoms with Gasteiger partial charge in [0.25, 0.3) is 5.91 Å². The van der Waals surface area contributed by atoms with Gasteiger partial charge in [0.1, 0.15) is 6.07 Å². The highest BCUT2D eigenvalue weighted by molar-refractivity contribution is 6.33. The van der Waals surface area contributed by atoms with Crippen molar-refractivity contribution >= 4 is 40.6 Å². The van der Waals surface area contributed by atoms with E-state index >= 15 is 0 Å². The van der Waals surface area contributed by atoms with Gasteiger partial charge in [-0.1, -0.05) is 11.6 Å². The van der Waals surface area contributed by atoms with E-state index in [0.717, 1.165) is 18.5 Å². The molecule has 14 heteroatoms. The van der Waals surface area contributed by atoms with Gasteiger partial charge in [-0.25, -0.2) is 14.4 Å². The van der Waals surface area contributed by atoms with Crippen molar-refractivity contribution in [1.29, 1.82) is 5.26 Å². The van der Waals surface area contributed by atoms with Crippen LogP contribution >= 0.6 is 11.6 Å². The number of aliphatic hydroxyl groups excluding tert-OH is 1. The average molecular weight is 661 g/mol. The number of piperazine rings is 1. The van der Waals surface area contributed by atoms with Crippen LogP contribution < -0.4 is 15.4 Å². The summed E-state index contributed by atoms with van der Waals surface area (Å²) in [4.78, 5) is 38.8. The number of fused-ring (bicyclic) bond motifs is 1. The summed E-state index contributed by atoms with van der Waals surface area (Å²) < 4.78 is 21.7. The lowest BCUT2D eigenvalue weighted by atomic mass is 9.91. The average Bonchev–Trinajstić information content (AvgIpc) is 3.51. The minimum atomic E-state index is -0.768. The molecule has 2 aromatic carbocycles. The van der Waals surface area contributed by atoms with Gasteiger partial charge in [0.05, 0.1) is 23.0 Å². The summed E-state index contributed by atoms with van der Waals surface area (Å²) in [6.07, 6.45) is 5.42. The Balaban J connectivity index is 1.12. The van der Waals surface area contributed by atoms with Crippen molar-refractivity contribution < 1.29 is 23.8 Å². The number of imidazole rings is 1. The van der Waals surface area contributed by atoms with Crippen molar-refractivity contribution in [3.8, 4) is 23.1 Å². The molecule has 2 amide bonds. The number of carbonyl (C=O) groups excluding carboxylic acids is 2. The smallest absolute Gasteiger partial charge is 0.254 e. The molecule has 2 aliphatic rings. The topological polar surface area (TPSA) is 148 Å². The van der Waals surface area contributed by atoms with Crippen molar-refractivity contribution in [2.75, 3.05) is 51.2 Å². The van der Waals surface area contributed by atoms with E-state index in [1.807, 2.05) is 13.0 Å². The molecule has 244 valence electrons. The van der Waals surface area contributed by atoms with Crippen LogP contribution in [0.3, 0.4) is 0 Å². The number of amides is 2. The Labute approximate surface area is 275 Å². The number of hydrogen-bond donors (Lipinski definition) is 3. The van der Waals surface area contributed by atoms with Gasteiger partial charge in [-0.05, 0) is 61.7 Å². The fourth-order valence-electron chi connectivity index (χ4n) is 6.09. The maximum atomic E-state index is 14.9. The first-order chi connectivity index (χ1) is 22.7. The second-order valence-electron chi connectivity index (χ2n) is 11.7. The number of piperidine rings is 1. The molecule has 0 saturated carbocycles. The molecule has 2 atom stereocenters. The van der Waals surface area contributed by atoms with Gasteiger partial charge in [0, 0.05) is 68.4 Å². The number of anilines is 2. The third-order valence-corrected chi connectivity index (χ3v) is 9.08. The molecule has 12 nitrogen and oxygen atoms in total. The number of aryl methyl sites for hydroxylation is 1. The van der Waals surface area contributed by atoms with E-state index in [2.05, 4.69) is 20.6 Å². The van der Waals surface area contributed by atoms with Gasteiger partial charge in [-0.2, -0.15) is 5.26 Å². The highest BCUT2D eigenvalue weighted by Gasteiger charge is 2.30. The van der Waals surface area contributed by atoms with Crippen molar-refractivity contribution in [3.05, 3.63) is 70.9 Å². The van der Waals surface area contributed by atoms with E-state index < -0.39 is 11.9 Å². The van der Waals surface area contributed by atoms with Crippen molar-refractivity contribution in [2.24, 2.45) is 5.92 Å². The molecule has 47 heavy (non-hydrogen) atoms. The molecule has 0 bridgehead atoms. The minimum absolute atomic E-state index is 0.0256. The van der Waals surface area contributed by atoms with Gasteiger partial charge < -0.3 is 30.3 Å².